The summed E-state index contributed by atoms with van der Waals surface area (Å²) in [5, 5.41) is 5.43. The van der Waals surface area contributed by atoms with Crippen molar-refractivity contribution in [3.8, 4) is 5.75 Å². The van der Waals surface area contributed by atoms with Gasteiger partial charge in [0.15, 0.2) is 5.75 Å². The normalized spacial score (nSPS) is 15.7. The molecule has 1 aliphatic heterocycles. The second kappa shape index (κ2) is 14.0. The molecule has 2 amide bonds. The highest BCUT2D eigenvalue weighted by atomic mass is 32.2. The maximum Gasteiger partial charge on any atom is 0.295 e. The quantitative estimate of drug-likeness (QED) is 0.255. The van der Waals surface area contributed by atoms with Crippen molar-refractivity contribution in [2.75, 3.05) is 30.6 Å². The van der Waals surface area contributed by atoms with Crippen molar-refractivity contribution in [3.63, 3.8) is 0 Å². The van der Waals surface area contributed by atoms with Crippen molar-refractivity contribution in [3.05, 3.63) is 90.5 Å². The molecule has 212 valence electrons. The van der Waals surface area contributed by atoms with E-state index in [0.717, 1.165) is 24.0 Å². The van der Waals surface area contributed by atoms with Crippen LogP contribution in [0.15, 0.2) is 89.8 Å². The van der Waals surface area contributed by atoms with Gasteiger partial charge in [-0.3, -0.25) is 9.59 Å². The van der Waals surface area contributed by atoms with E-state index in [4.69, 9.17) is 4.84 Å². The van der Waals surface area contributed by atoms with Crippen LogP contribution in [0.1, 0.15) is 43.0 Å². The molecule has 2 N–H and O–H groups in total. The SMILES string of the molecule is CC1CCCCN1CCCNC(=O)CNC(=O)c1ccc(S(=O)(=O)N(Oc2ccccc2)c2ccccc2)cc1. The predicted molar refractivity (Wildman–Crippen MR) is 154 cm³/mol. The molecule has 0 aromatic heterocycles. The molecule has 0 aliphatic carbocycles. The number of benzene rings is 3. The molecule has 10 heteroatoms. The first-order valence-electron chi connectivity index (χ1n) is 13.6. The lowest BCUT2D eigenvalue weighted by atomic mass is 10.0. The Labute approximate surface area is 236 Å². The molecule has 3 aromatic rings. The molecule has 1 unspecified atom stereocenters. The molecule has 3 aromatic carbocycles. The summed E-state index contributed by atoms with van der Waals surface area (Å²) >= 11 is 0. The lowest BCUT2D eigenvalue weighted by Crippen LogP contribution is -2.40. The fourth-order valence-corrected chi connectivity index (χ4v) is 5.82. The van der Waals surface area contributed by atoms with Crippen molar-refractivity contribution in [2.24, 2.45) is 0 Å². The predicted octanol–water partition coefficient (Wildman–Crippen LogP) is 3.99. The number of carbonyl (C=O) groups excluding carboxylic acids is 2. The van der Waals surface area contributed by atoms with Crippen LogP contribution >= 0.6 is 0 Å². The van der Waals surface area contributed by atoms with Gasteiger partial charge in [-0.2, -0.15) is 8.42 Å². The smallest absolute Gasteiger partial charge is 0.295 e. The molecular formula is C30H36N4O5S. The molecule has 0 radical (unpaired) electrons. The van der Waals surface area contributed by atoms with Crippen LogP contribution in [0.3, 0.4) is 0 Å². The molecule has 1 atom stereocenters. The minimum absolute atomic E-state index is 0.0513. The summed E-state index contributed by atoms with van der Waals surface area (Å²) in [4.78, 5) is 33.0. The third kappa shape index (κ3) is 7.83. The number of hydrogen-bond donors (Lipinski definition) is 2. The van der Waals surface area contributed by atoms with Crippen LogP contribution < -0.4 is 19.9 Å². The average molecular weight is 565 g/mol. The molecule has 1 saturated heterocycles. The number of amides is 2. The minimum Gasteiger partial charge on any atom is -0.364 e. The molecule has 4 rings (SSSR count). The van der Waals surface area contributed by atoms with Gasteiger partial charge >= 0.3 is 0 Å². The molecule has 1 fully saturated rings. The van der Waals surface area contributed by atoms with Gasteiger partial charge in [0.05, 0.1) is 17.1 Å². The zero-order valence-electron chi connectivity index (χ0n) is 22.7. The highest BCUT2D eigenvalue weighted by Crippen LogP contribution is 2.26. The lowest BCUT2D eigenvalue weighted by molar-refractivity contribution is -0.120. The van der Waals surface area contributed by atoms with Gasteiger partial charge in [-0.1, -0.05) is 47.3 Å². The van der Waals surface area contributed by atoms with Crippen molar-refractivity contribution >= 4 is 27.5 Å². The summed E-state index contributed by atoms with van der Waals surface area (Å²) < 4.78 is 27.9. The third-order valence-electron chi connectivity index (χ3n) is 6.83. The number of nitrogens with zero attached hydrogens (tertiary/aromatic N) is 2. The van der Waals surface area contributed by atoms with E-state index >= 15 is 0 Å². The number of nitrogens with one attached hydrogen (secondary N) is 2. The van der Waals surface area contributed by atoms with Gasteiger partial charge in [-0.05, 0) is 81.3 Å². The Morgan fingerprint density at radius 3 is 2.27 bits per heavy atom. The summed E-state index contributed by atoms with van der Waals surface area (Å²) in [5.41, 5.74) is 0.561. The lowest BCUT2D eigenvalue weighted by Gasteiger charge is -2.33. The number of anilines is 1. The van der Waals surface area contributed by atoms with Crippen molar-refractivity contribution < 1.29 is 22.8 Å². The highest BCUT2D eigenvalue weighted by molar-refractivity contribution is 7.92. The zero-order chi connectivity index (χ0) is 28.4. The largest absolute Gasteiger partial charge is 0.364 e. The maximum absolute atomic E-state index is 13.5. The molecule has 9 nitrogen and oxygen atoms in total. The fraction of sp³-hybridized carbons (Fsp3) is 0.333. The molecule has 0 spiro atoms. The zero-order valence-corrected chi connectivity index (χ0v) is 23.5. The Hall–Kier alpha value is -3.89. The second-order valence-corrected chi connectivity index (χ2v) is 11.5. The van der Waals surface area contributed by atoms with Gasteiger partial charge in [-0.15, -0.1) is 0 Å². The van der Waals surface area contributed by atoms with Crippen LogP contribution in [0.4, 0.5) is 5.69 Å². The van der Waals surface area contributed by atoms with E-state index in [1.54, 1.807) is 60.7 Å². The third-order valence-corrected chi connectivity index (χ3v) is 8.42. The van der Waals surface area contributed by atoms with E-state index in [-0.39, 0.29) is 22.9 Å². The van der Waals surface area contributed by atoms with Crippen molar-refractivity contribution in [2.45, 2.75) is 43.5 Å². The first-order valence-corrected chi connectivity index (χ1v) is 15.0. The summed E-state index contributed by atoms with van der Waals surface area (Å²) in [5.74, 6) is -0.386. The molecule has 1 heterocycles. The average Bonchev–Trinajstić information content (AvgIpc) is 2.98. The molecule has 0 saturated carbocycles. The molecular weight excluding hydrogens is 528 g/mol. The Bertz CT molecular complexity index is 1350. The minimum atomic E-state index is -4.13. The standard InChI is InChI=1S/C30H36N4O5S/c1-24-11-8-9-21-33(24)22-10-20-31-29(35)23-32-30(36)25-16-18-28(19-17-25)40(37,38)34(26-12-4-2-5-13-26)39-27-14-6-3-7-15-27/h2-7,12-19,24H,8-11,20-23H2,1H3,(H,31,35)(H,32,36). The summed E-state index contributed by atoms with van der Waals surface area (Å²) in [6, 6.07) is 23.2. The van der Waals surface area contributed by atoms with Gasteiger partial charge in [0, 0.05) is 24.7 Å². The maximum atomic E-state index is 13.5. The number of likely N-dealkylation sites (tertiary alicyclic amines) is 1. The van der Waals surface area contributed by atoms with Crippen LogP contribution in [-0.4, -0.2) is 57.4 Å². The van der Waals surface area contributed by atoms with Crippen molar-refractivity contribution in [1.29, 1.82) is 0 Å². The van der Waals surface area contributed by atoms with Gasteiger partial charge in [-0.25, -0.2) is 0 Å². The van der Waals surface area contributed by atoms with Crippen LogP contribution in [0.25, 0.3) is 0 Å². The highest BCUT2D eigenvalue weighted by Gasteiger charge is 2.28. The van der Waals surface area contributed by atoms with Gasteiger partial charge in [0.25, 0.3) is 15.9 Å². The van der Waals surface area contributed by atoms with Gasteiger partial charge in [0.1, 0.15) is 0 Å². The number of sulfonamides is 1. The van der Waals surface area contributed by atoms with Crippen molar-refractivity contribution in [1.82, 2.24) is 15.5 Å². The first-order chi connectivity index (χ1) is 19.3. The van der Waals surface area contributed by atoms with E-state index in [0.29, 0.717) is 24.0 Å². The van der Waals surface area contributed by atoms with E-state index in [1.165, 1.54) is 43.5 Å². The number of para-hydroxylation sites is 2. The summed E-state index contributed by atoms with van der Waals surface area (Å²) in [6.45, 7) is 4.68. The molecule has 40 heavy (non-hydrogen) atoms. The number of rotatable bonds is 12. The Morgan fingerprint density at radius 1 is 0.925 bits per heavy atom. The Balaban J connectivity index is 1.31. The molecule has 0 bridgehead atoms. The summed E-state index contributed by atoms with van der Waals surface area (Å²) in [7, 11) is -4.13. The van der Waals surface area contributed by atoms with Crippen LogP contribution in [0.2, 0.25) is 0 Å². The van der Waals surface area contributed by atoms with E-state index in [9.17, 15) is 18.0 Å². The van der Waals surface area contributed by atoms with E-state index < -0.39 is 15.9 Å². The first kappa shape index (κ1) is 29.1. The number of piperidine rings is 1. The number of hydrogen-bond acceptors (Lipinski definition) is 6. The van der Waals surface area contributed by atoms with E-state index in [1.807, 2.05) is 0 Å². The monoisotopic (exact) mass is 564 g/mol. The topological polar surface area (TPSA) is 108 Å². The Kier molecular flexibility index (Phi) is 10.2. The summed E-state index contributed by atoms with van der Waals surface area (Å²) in [6.07, 6.45) is 4.58. The van der Waals surface area contributed by atoms with Crippen LogP contribution in [0, 0.1) is 0 Å². The second-order valence-electron chi connectivity index (χ2n) is 9.76. The van der Waals surface area contributed by atoms with Gasteiger partial charge < -0.3 is 20.4 Å². The fourth-order valence-electron chi connectivity index (χ4n) is 4.57. The van der Waals surface area contributed by atoms with Crippen LogP contribution in [0.5, 0.6) is 5.75 Å². The number of carbonyl (C=O) groups is 2. The van der Waals surface area contributed by atoms with Gasteiger partial charge in [0.2, 0.25) is 5.91 Å². The van der Waals surface area contributed by atoms with E-state index in [2.05, 4.69) is 22.5 Å². The Morgan fingerprint density at radius 2 is 1.60 bits per heavy atom. The van der Waals surface area contributed by atoms with Crippen LogP contribution in [-0.2, 0) is 14.8 Å². The molecule has 1 aliphatic rings.